The third-order valence-electron chi connectivity index (χ3n) is 12.3. The summed E-state index contributed by atoms with van der Waals surface area (Å²) in [7, 11) is 0. The number of morpholine rings is 2. The SMILES string of the molecule is NCCN1CCOCC1.O=Cc1cccc(-c2ccc3c(Nc4cc(O)c(Cl)cc4F)ccnc3c2)c1.Oc1cc(Nc2ccnc3cc(-c4cccc(CNCCN5CCOCC5)c4)ccc23)c(F)cc1Cl. The Morgan fingerprint density at radius 1 is 0.603 bits per heavy atom. The van der Waals surface area contributed by atoms with Gasteiger partial charge in [0.05, 0.1) is 58.9 Å². The number of nitrogens with zero attached hydrogens (tertiary/aromatic N) is 4. The number of aldehydes is 1. The molecule has 378 valence electrons. The first kappa shape index (κ1) is 52.5. The van der Waals surface area contributed by atoms with Gasteiger partial charge in [-0.1, -0.05) is 83.9 Å². The summed E-state index contributed by atoms with van der Waals surface area (Å²) in [6.07, 6.45) is 4.10. The van der Waals surface area contributed by atoms with E-state index >= 15 is 0 Å². The summed E-state index contributed by atoms with van der Waals surface area (Å²) < 4.78 is 39.1. The number of benzene rings is 6. The normalized spacial score (nSPS) is 13.9. The van der Waals surface area contributed by atoms with Crippen molar-refractivity contribution < 1.29 is 33.3 Å². The van der Waals surface area contributed by atoms with Crippen LogP contribution in [0.25, 0.3) is 44.1 Å². The van der Waals surface area contributed by atoms with E-state index < -0.39 is 11.6 Å². The zero-order valence-electron chi connectivity index (χ0n) is 40.0. The molecule has 2 aliphatic rings. The minimum Gasteiger partial charge on any atom is -0.506 e. The quantitative estimate of drug-likeness (QED) is 0.0450. The van der Waals surface area contributed by atoms with Gasteiger partial charge in [0, 0.05) is 111 Å². The fraction of sp³-hybridized carbons (Fsp3) is 0.232. The van der Waals surface area contributed by atoms with Gasteiger partial charge in [-0.25, -0.2) is 8.78 Å². The molecule has 0 spiro atoms. The Labute approximate surface area is 432 Å². The second-order valence-electron chi connectivity index (χ2n) is 17.3. The molecule has 2 saturated heterocycles. The number of phenolic OH excluding ortho intramolecular Hbond substituents is 2. The Kier molecular flexibility index (Phi) is 18.5. The van der Waals surface area contributed by atoms with E-state index in [1.165, 1.54) is 17.7 Å². The molecule has 17 heteroatoms. The van der Waals surface area contributed by atoms with Crippen LogP contribution in [0, 0.1) is 11.6 Å². The topological polar surface area (TPSA) is 170 Å². The molecular weight excluding hydrogens is 974 g/mol. The zero-order valence-corrected chi connectivity index (χ0v) is 41.5. The molecule has 0 radical (unpaired) electrons. The second-order valence-corrected chi connectivity index (χ2v) is 18.1. The molecule has 6 aromatic carbocycles. The molecule has 0 bridgehead atoms. The average molecular weight is 1030 g/mol. The third kappa shape index (κ3) is 14.3. The summed E-state index contributed by atoms with van der Waals surface area (Å²) in [4.78, 5) is 24.7. The highest BCUT2D eigenvalue weighted by molar-refractivity contribution is 6.32. The first-order valence-corrected chi connectivity index (χ1v) is 24.6. The third-order valence-corrected chi connectivity index (χ3v) is 12.9. The molecule has 0 unspecified atom stereocenters. The molecule has 8 aromatic rings. The summed E-state index contributed by atoms with van der Waals surface area (Å²) in [5.74, 6) is -1.51. The van der Waals surface area contributed by atoms with E-state index in [4.69, 9.17) is 38.4 Å². The van der Waals surface area contributed by atoms with Gasteiger partial charge in [-0.3, -0.25) is 24.6 Å². The molecular formula is C56H56Cl2F2N8O5. The van der Waals surface area contributed by atoms with Crippen molar-refractivity contribution in [1.82, 2.24) is 25.1 Å². The number of carbonyl (C=O) groups excluding carboxylic acids is 1. The number of nitrogens with one attached hydrogen (secondary N) is 3. The van der Waals surface area contributed by atoms with Gasteiger partial charge in [-0.05, 0) is 76.3 Å². The number of carbonyl (C=O) groups is 1. The molecule has 2 aromatic heterocycles. The highest BCUT2D eigenvalue weighted by Crippen LogP contribution is 2.36. The number of fused-ring (bicyclic) bond motifs is 2. The summed E-state index contributed by atoms with van der Waals surface area (Å²) in [5, 5.41) is 30.7. The van der Waals surface area contributed by atoms with E-state index in [2.05, 4.69) is 60.0 Å². The molecule has 0 amide bonds. The average Bonchev–Trinajstić information content (AvgIpc) is 3.42. The zero-order chi connectivity index (χ0) is 51.1. The van der Waals surface area contributed by atoms with Crippen LogP contribution in [0.3, 0.4) is 0 Å². The van der Waals surface area contributed by atoms with Crippen LogP contribution in [-0.2, 0) is 16.0 Å². The largest absolute Gasteiger partial charge is 0.506 e. The van der Waals surface area contributed by atoms with E-state index in [-0.39, 0.29) is 32.9 Å². The molecule has 2 aliphatic heterocycles. The van der Waals surface area contributed by atoms with Crippen LogP contribution in [0.1, 0.15) is 15.9 Å². The van der Waals surface area contributed by atoms with Crippen molar-refractivity contribution in [2.24, 2.45) is 5.73 Å². The molecule has 0 atom stereocenters. The summed E-state index contributed by atoms with van der Waals surface area (Å²) >= 11 is 11.5. The van der Waals surface area contributed by atoms with Crippen molar-refractivity contribution in [1.29, 1.82) is 0 Å². The predicted octanol–water partition coefficient (Wildman–Crippen LogP) is 10.8. The van der Waals surface area contributed by atoms with E-state index in [0.29, 0.717) is 22.5 Å². The van der Waals surface area contributed by atoms with Gasteiger partial charge in [0.1, 0.15) is 29.4 Å². The summed E-state index contributed by atoms with van der Waals surface area (Å²) in [6.45, 7) is 12.0. The monoisotopic (exact) mass is 1030 g/mol. The Morgan fingerprint density at radius 3 is 1.62 bits per heavy atom. The number of halogens is 4. The van der Waals surface area contributed by atoms with Crippen molar-refractivity contribution in [3.8, 4) is 33.8 Å². The summed E-state index contributed by atoms with van der Waals surface area (Å²) in [5.41, 5.74) is 14.2. The number of rotatable bonds is 14. The lowest BCUT2D eigenvalue weighted by molar-refractivity contribution is 0.0384. The molecule has 13 nitrogen and oxygen atoms in total. The van der Waals surface area contributed by atoms with E-state index in [0.717, 1.165) is 142 Å². The van der Waals surface area contributed by atoms with Crippen LogP contribution in [0.4, 0.5) is 31.5 Å². The van der Waals surface area contributed by atoms with E-state index in [9.17, 15) is 23.8 Å². The first-order chi connectivity index (χ1) is 35.5. The van der Waals surface area contributed by atoms with E-state index in [1.54, 1.807) is 30.6 Å². The Bertz CT molecular complexity index is 3160. The smallest absolute Gasteiger partial charge is 0.150 e. The minimum absolute atomic E-state index is 0.0307. The molecule has 2 fully saturated rings. The fourth-order valence-corrected chi connectivity index (χ4v) is 8.69. The number of pyridine rings is 2. The maximum atomic E-state index is 14.4. The fourth-order valence-electron chi connectivity index (χ4n) is 8.38. The number of phenols is 2. The van der Waals surface area contributed by atoms with Gasteiger partial charge in [0.15, 0.2) is 0 Å². The number of hydrogen-bond acceptors (Lipinski definition) is 13. The molecule has 0 saturated carbocycles. The van der Waals surface area contributed by atoms with Crippen molar-refractivity contribution >= 4 is 74.0 Å². The van der Waals surface area contributed by atoms with Crippen LogP contribution in [0.2, 0.25) is 10.0 Å². The Hall–Kier alpha value is -6.79. The van der Waals surface area contributed by atoms with Crippen molar-refractivity contribution in [3.05, 3.63) is 167 Å². The van der Waals surface area contributed by atoms with Crippen LogP contribution in [-0.4, -0.2) is 115 Å². The number of aromatic hydroxyl groups is 2. The van der Waals surface area contributed by atoms with Crippen LogP contribution >= 0.6 is 23.2 Å². The highest BCUT2D eigenvalue weighted by atomic mass is 35.5. The lowest BCUT2D eigenvalue weighted by Gasteiger charge is -2.26. The first-order valence-electron chi connectivity index (χ1n) is 23.9. The molecule has 0 aliphatic carbocycles. The summed E-state index contributed by atoms with van der Waals surface area (Å²) in [6, 6.07) is 35.7. The van der Waals surface area contributed by atoms with Gasteiger partial charge >= 0.3 is 0 Å². The van der Waals surface area contributed by atoms with Gasteiger partial charge in [-0.2, -0.15) is 0 Å². The number of ether oxygens (including phenoxy) is 2. The number of aromatic nitrogens is 2. The Balaban J connectivity index is 0.000000170. The molecule has 10 rings (SSSR count). The van der Waals surface area contributed by atoms with Gasteiger partial charge in [-0.15, -0.1) is 0 Å². The van der Waals surface area contributed by atoms with Gasteiger partial charge in [0.2, 0.25) is 0 Å². The van der Waals surface area contributed by atoms with Crippen molar-refractivity contribution in [2.45, 2.75) is 6.54 Å². The van der Waals surface area contributed by atoms with Gasteiger partial charge < -0.3 is 41.4 Å². The molecule has 7 N–H and O–H groups in total. The molecule has 4 heterocycles. The second kappa shape index (κ2) is 25.7. The van der Waals surface area contributed by atoms with Gasteiger partial charge in [0.25, 0.3) is 0 Å². The standard InChI is InChI=1S/C28H28ClFN4O2.C22H14ClFN2O2.C6H14N2O/c29-23-16-24(30)27(17-28(23)35)33-25-6-7-32-26-15-21(4-5-22(25)26)20-3-1-2-19(14-20)18-31-8-9-34-10-12-36-13-11-34;23-17-10-18(24)21(11-22(17)28)26-19-6-7-25-20-9-15(4-5-16(19)20)14-3-1-2-13(8-14)12-27;7-1-2-8-3-5-9-6-4-8/h1-7,14-17,31,35H,8-13,18H2,(H,32,33);1-12,28H,(H,25,26);1-7H2. The van der Waals surface area contributed by atoms with Crippen LogP contribution < -0.4 is 21.7 Å². The molecule has 73 heavy (non-hydrogen) atoms. The number of hydrogen-bond donors (Lipinski definition) is 6. The highest BCUT2D eigenvalue weighted by Gasteiger charge is 2.14. The van der Waals surface area contributed by atoms with E-state index in [1.807, 2.05) is 54.6 Å². The van der Waals surface area contributed by atoms with Crippen molar-refractivity contribution in [2.75, 3.05) is 89.4 Å². The maximum absolute atomic E-state index is 14.4. The maximum Gasteiger partial charge on any atom is 0.150 e. The lowest BCUT2D eigenvalue weighted by atomic mass is 10.0. The Morgan fingerprint density at radius 2 is 1.10 bits per heavy atom. The van der Waals surface area contributed by atoms with Crippen LogP contribution in [0.5, 0.6) is 11.5 Å². The lowest BCUT2D eigenvalue weighted by Crippen LogP contribution is -2.40. The number of anilines is 4. The minimum atomic E-state index is -0.574. The van der Waals surface area contributed by atoms with Crippen LogP contribution in [0.15, 0.2) is 134 Å². The number of nitrogens with two attached hydrogens (primary N) is 1. The predicted molar refractivity (Wildman–Crippen MR) is 288 cm³/mol. The van der Waals surface area contributed by atoms with Crippen molar-refractivity contribution in [3.63, 3.8) is 0 Å².